The lowest BCUT2D eigenvalue weighted by molar-refractivity contribution is 0.0160. The van der Waals surface area contributed by atoms with E-state index in [1.807, 2.05) is 0 Å². The normalized spacial score (nSPS) is 20.8. The third-order valence-corrected chi connectivity index (χ3v) is 6.02. The topological polar surface area (TPSA) is 52.9 Å². The van der Waals surface area contributed by atoms with E-state index in [1.165, 1.54) is 16.7 Å². The third-order valence-electron chi connectivity index (χ3n) is 5.33. The summed E-state index contributed by atoms with van der Waals surface area (Å²) in [6.07, 6.45) is 4.59. The standard InChI is InChI=1S/C22H31NO3S/c24-15-21-14-22(25)8-11-23(21)10-2-1-3-12-26-16-18-4-6-19(7-5-18)20-9-13-27-17-20/h4-7,9,13,17,21-22,24-25H,1-3,8,10-12,14-16H2/t21-,22?/m1/s1. The van der Waals surface area contributed by atoms with Gasteiger partial charge in [0.25, 0.3) is 0 Å². The first-order chi connectivity index (χ1) is 13.3. The van der Waals surface area contributed by atoms with Crippen molar-refractivity contribution in [2.24, 2.45) is 0 Å². The van der Waals surface area contributed by atoms with E-state index in [9.17, 15) is 10.2 Å². The molecule has 5 heteroatoms. The zero-order valence-corrected chi connectivity index (χ0v) is 16.7. The number of likely N-dealkylation sites (tertiary alicyclic amines) is 1. The van der Waals surface area contributed by atoms with Crippen molar-refractivity contribution in [1.29, 1.82) is 0 Å². The Labute approximate surface area is 166 Å². The number of benzene rings is 1. The van der Waals surface area contributed by atoms with E-state index in [0.717, 1.165) is 45.4 Å². The molecular formula is C22H31NO3S. The average molecular weight is 390 g/mol. The predicted octanol–water partition coefficient (Wildman–Crippen LogP) is 3.92. The summed E-state index contributed by atoms with van der Waals surface area (Å²) in [7, 11) is 0. The van der Waals surface area contributed by atoms with Gasteiger partial charge >= 0.3 is 0 Å². The highest BCUT2D eigenvalue weighted by Gasteiger charge is 2.26. The monoisotopic (exact) mass is 389 g/mol. The number of rotatable bonds is 10. The minimum atomic E-state index is -0.244. The number of thiophene rings is 1. The number of aliphatic hydroxyl groups excluding tert-OH is 2. The zero-order chi connectivity index (χ0) is 18.9. The number of piperidine rings is 1. The minimum absolute atomic E-state index is 0.127. The van der Waals surface area contributed by atoms with Crippen LogP contribution >= 0.6 is 11.3 Å². The summed E-state index contributed by atoms with van der Waals surface area (Å²) >= 11 is 1.72. The summed E-state index contributed by atoms with van der Waals surface area (Å²) in [5.74, 6) is 0. The number of nitrogens with zero attached hydrogens (tertiary/aromatic N) is 1. The summed E-state index contributed by atoms with van der Waals surface area (Å²) < 4.78 is 5.81. The lowest BCUT2D eigenvalue weighted by atomic mass is 9.99. The average Bonchev–Trinajstić information content (AvgIpc) is 3.23. The number of ether oxygens (including phenoxy) is 1. The van der Waals surface area contributed by atoms with Crippen molar-refractivity contribution in [3.05, 3.63) is 46.7 Å². The lowest BCUT2D eigenvalue weighted by Crippen LogP contribution is -2.46. The second kappa shape index (κ2) is 10.9. The van der Waals surface area contributed by atoms with Crippen molar-refractivity contribution in [1.82, 2.24) is 4.90 Å². The maximum Gasteiger partial charge on any atom is 0.0716 e. The summed E-state index contributed by atoms with van der Waals surface area (Å²) in [6.45, 7) is 3.49. The Balaban J connectivity index is 1.26. The van der Waals surface area contributed by atoms with Gasteiger partial charge in [-0.3, -0.25) is 4.90 Å². The van der Waals surface area contributed by atoms with Crippen molar-refractivity contribution < 1.29 is 14.9 Å². The van der Waals surface area contributed by atoms with Gasteiger partial charge in [-0.1, -0.05) is 24.3 Å². The number of aliphatic hydroxyl groups is 2. The van der Waals surface area contributed by atoms with Crippen LogP contribution < -0.4 is 0 Å². The first-order valence-electron chi connectivity index (χ1n) is 9.98. The Morgan fingerprint density at radius 2 is 1.93 bits per heavy atom. The number of unbranched alkanes of at least 4 members (excludes halogenated alkanes) is 2. The molecule has 148 valence electrons. The largest absolute Gasteiger partial charge is 0.395 e. The van der Waals surface area contributed by atoms with E-state index in [4.69, 9.17) is 4.74 Å². The molecule has 1 aliphatic heterocycles. The molecule has 1 fully saturated rings. The molecule has 1 unspecified atom stereocenters. The van der Waals surface area contributed by atoms with Gasteiger partial charge in [0.1, 0.15) is 0 Å². The minimum Gasteiger partial charge on any atom is -0.395 e. The van der Waals surface area contributed by atoms with Crippen LogP contribution in [0.5, 0.6) is 0 Å². The maximum absolute atomic E-state index is 9.70. The summed E-state index contributed by atoms with van der Waals surface area (Å²) in [5.41, 5.74) is 3.75. The highest BCUT2D eigenvalue weighted by molar-refractivity contribution is 7.08. The van der Waals surface area contributed by atoms with E-state index >= 15 is 0 Å². The maximum atomic E-state index is 9.70. The van der Waals surface area contributed by atoms with E-state index in [0.29, 0.717) is 13.0 Å². The van der Waals surface area contributed by atoms with Gasteiger partial charge < -0.3 is 14.9 Å². The molecule has 1 aliphatic rings. The van der Waals surface area contributed by atoms with Gasteiger partial charge in [-0.05, 0) is 72.2 Å². The van der Waals surface area contributed by atoms with Crippen molar-refractivity contribution in [2.75, 3.05) is 26.3 Å². The molecule has 3 rings (SSSR count). The molecule has 0 amide bonds. The summed E-state index contributed by atoms with van der Waals surface area (Å²) in [6, 6.07) is 10.9. The Bertz CT molecular complexity index is 644. The van der Waals surface area contributed by atoms with E-state index in [-0.39, 0.29) is 18.8 Å². The molecule has 1 aromatic carbocycles. The number of hydrogen-bond acceptors (Lipinski definition) is 5. The molecular weight excluding hydrogens is 358 g/mol. The zero-order valence-electron chi connectivity index (χ0n) is 15.9. The van der Waals surface area contributed by atoms with Crippen LogP contribution in [0.2, 0.25) is 0 Å². The van der Waals surface area contributed by atoms with Crippen LogP contribution in [0, 0.1) is 0 Å². The van der Waals surface area contributed by atoms with Crippen molar-refractivity contribution in [3.63, 3.8) is 0 Å². The van der Waals surface area contributed by atoms with Gasteiger partial charge in [0.2, 0.25) is 0 Å². The molecule has 0 saturated carbocycles. The fourth-order valence-corrected chi connectivity index (χ4v) is 4.34. The Kier molecular flexibility index (Phi) is 8.30. The van der Waals surface area contributed by atoms with E-state index < -0.39 is 0 Å². The van der Waals surface area contributed by atoms with Crippen LogP contribution in [0.25, 0.3) is 11.1 Å². The molecule has 2 aromatic rings. The van der Waals surface area contributed by atoms with Crippen LogP contribution in [0.1, 0.15) is 37.7 Å². The molecule has 1 aromatic heterocycles. The fraction of sp³-hybridized carbons (Fsp3) is 0.545. The van der Waals surface area contributed by atoms with Gasteiger partial charge in [0.05, 0.1) is 19.3 Å². The van der Waals surface area contributed by atoms with Crippen LogP contribution in [-0.2, 0) is 11.3 Å². The second-order valence-corrected chi connectivity index (χ2v) is 8.15. The number of hydrogen-bond donors (Lipinski definition) is 2. The molecule has 0 bridgehead atoms. The van der Waals surface area contributed by atoms with Crippen LogP contribution in [-0.4, -0.2) is 53.6 Å². The molecule has 2 atom stereocenters. The molecule has 1 saturated heterocycles. The Morgan fingerprint density at radius 3 is 2.67 bits per heavy atom. The highest BCUT2D eigenvalue weighted by Crippen LogP contribution is 2.22. The van der Waals surface area contributed by atoms with Gasteiger partial charge in [-0.2, -0.15) is 11.3 Å². The summed E-state index contributed by atoms with van der Waals surface area (Å²) in [4.78, 5) is 2.32. The first kappa shape index (κ1) is 20.5. The highest BCUT2D eigenvalue weighted by atomic mass is 32.1. The molecule has 4 nitrogen and oxygen atoms in total. The molecule has 0 spiro atoms. The molecule has 0 radical (unpaired) electrons. The Morgan fingerprint density at radius 1 is 1.07 bits per heavy atom. The van der Waals surface area contributed by atoms with Crippen molar-refractivity contribution in [2.45, 2.75) is 50.9 Å². The van der Waals surface area contributed by atoms with Crippen molar-refractivity contribution in [3.8, 4) is 11.1 Å². The lowest BCUT2D eigenvalue weighted by Gasteiger charge is -2.36. The molecule has 2 heterocycles. The Hall–Kier alpha value is -1.24. The summed E-state index contributed by atoms with van der Waals surface area (Å²) in [5, 5.41) is 23.4. The fourth-order valence-electron chi connectivity index (χ4n) is 3.67. The molecule has 0 aliphatic carbocycles. The second-order valence-electron chi connectivity index (χ2n) is 7.37. The quantitative estimate of drug-likeness (QED) is 0.605. The van der Waals surface area contributed by atoms with Gasteiger partial charge in [0.15, 0.2) is 0 Å². The molecule has 27 heavy (non-hydrogen) atoms. The van der Waals surface area contributed by atoms with Crippen molar-refractivity contribution >= 4 is 11.3 Å². The van der Waals surface area contributed by atoms with Crippen LogP contribution in [0.4, 0.5) is 0 Å². The predicted molar refractivity (Wildman–Crippen MR) is 111 cm³/mol. The van der Waals surface area contributed by atoms with Crippen LogP contribution in [0.3, 0.4) is 0 Å². The SMILES string of the molecule is OC[C@H]1CC(O)CCN1CCCCCOCc1ccc(-c2ccsc2)cc1. The van der Waals surface area contributed by atoms with E-state index in [2.05, 4.69) is 46.0 Å². The van der Waals surface area contributed by atoms with Gasteiger partial charge in [0, 0.05) is 19.2 Å². The smallest absolute Gasteiger partial charge is 0.0716 e. The van der Waals surface area contributed by atoms with Gasteiger partial charge in [-0.15, -0.1) is 0 Å². The van der Waals surface area contributed by atoms with E-state index in [1.54, 1.807) is 11.3 Å². The van der Waals surface area contributed by atoms with Crippen LogP contribution in [0.15, 0.2) is 41.1 Å². The molecule has 2 N–H and O–H groups in total. The third kappa shape index (κ3) is 6.40. The van der Waals surface area contributed by atoms with Gasteiger partial charge in [-0.25, -0.2) is 0 Å². The first-order valence-corrected chi connectivity index (χ1v) is 10.9.